The molecule has 2 aromatic heterocycles. The predicted molar refractivity (Wildman–Crippen MR) is 130 cm³/mol. The summed E-state index contributed by atoms with van der Waals surface area (Å²) in [6, 6.07) is 24.2. The highest BCUT2D eigenvalue weighted by molar-refractivity contribution is 7.07. The fraction of sp³-hybridized carbons (Fsp3) is 0.120. The van der Waals surface area contributed by atoms with Gasteiger partial charge in [0.1, 0.15) is 12.1 Å². The quantitative estimate of drug-likeness (QED) is 0.405. The van der Waals surface area contributed by atoms with Crippen molar-refractivity contribution in [3.05, 3.63) is 94.1 Å². The molecular weight excluding hydrogens is 432 g/mol. The number of para-hydroxylation sites is 1. The molecule has 0 unspecified atom stereocenters. The first-order valence-corrected chi connectivity index (χ1v) is 11.4. The van der Waals surface area contributed by atoms with E-state index in [2.05, 4.69) is 93.2 Å². The molecule has 0 aliphatic rings. The first kappa shape index (κ1) is 20.8. The van der Waals surface area contributed by atoms with Crippen molar-refractivity contribution in [1.29, 1.82) is 0 Å². The van der Waals surface area contributed by atoms with Gasteiger partial charge in [0.25, 0.3) is 5.91 Å². The summed E-state index contributed by atoms with van der Waals surface area (Å²) in [5.74, 6) is -0.272. The number of aryl methyl sites for hydroxylation is 2. The van der Waals surface area contributed by atoms with Crippen molar-refractivity contribution in [2.45, 2.75) is 20.4 Å². The van der Waals surface area contributed by atoms with Crippen LogP contribution in [0.1, 0.15) is 11.1 Å². The van der Waals surface area contributed by atoms with Gasteiger partial charge < -0.3 is 0 Å². The Kier molecular flexibility index (Phi) is 5.58. The van der Waals surface area contributed by atoms with Gasteiger partial charge in [-0.3, -0.25) is 9.36 Å². The molecule has 5 aromatic rings. The van der Waals surface area contributed by atoms with Crippen molar-refractivity contribution in [2.75, 3.05) is 0 Å². The van der Waals surface area contributed by atoms with E-state index in [1.807, 2.05) is 24.3 Å². The number of hydrogen-bond acceptors (Lipinski definition) is 5. The summed E-state index contributed by atoms with van der Waals surface area (Å²) in [6.07, 6.45) is 0. The number of carbonyl (C=O) groups is 1. The first-order chi connectivity index (χ1) is 16.1. The molecular formula is C25H22N6OS. The van der Waals surface area contributed by atoms with Gasteiger partial charge in [0.2, 0.25) is 4.80 Å². The van der Waals surface area contributed by atoms with Crippen molar-refractivity contribution >= 4 is 28.3 Å². The molecule has 0 radical (unpaired) electrons. The van der Waals surface area contributed by atoms with E-state index < -0.39 is 0 Å². The van der Waals surface area contributed by atoms with Crippen molar-refractivity contribution in [1.82, 2.24) is 25.0 Å². The average Bonchev–Trinajstić information content (AvgIpc) is 3.43. The van der Waals surface area contributed by atoms with Gasteiger partial charge >= 0.3 is 0 Å². The second-order valence-corrected chi connectivity index (χ2v) is 8.66. The van der Waals surface area contributed by atoms with Gasteiger partial charge in [-0.15, -0.1) is 21.5 Å². The Hall–Kier alpha value is -4.04. The maximum absolute atomic E-state index is 12.6. The Bertz CT molecular complexity index is 1490. The Balaban J connectivity index is 1.48. The first-order valence-electron chi connectivity index (χ1n) is 10.5. The standard InChI is InChI=1S/C25H22N6OS/c1-17-7-11-19(12-8-17)23-16-33-25(31(23)20-13-9-18(2)10-14-20)28-27-24(32)15-30-22-6-4-3-5-21(22)26-29-30/h3-14,16H,15H2,1-2H3,(H,27,32)/b28-25-. The number of nitrogens with zero attached hydrogens (tertiary/aromatic N) is 5. The molecule has 5 rings (SSSR count). The fourth-order valence-corrected chi connectivity index (χ4v) is 4.44. The summed E-state index contributed by atoms with van der Waals surface area (Å²) in [6.45, 7) is 4.16. The van der Waals surface area contributed by atoms with Crippen molar-refractivity contribution < 1.29 is 4.79 Å². The topological polar surface area (TPSA) is 77.1 Å². The molecule has 164 valence electrons. The van der Waals surface area contributed by atoms with E-state index in [0.29, 0.717) is 4.80 Å². The summed E-state index contributed by atoms with van der Waals surface area (Å²) in [7, 11) is 0. The second-order valence-electron chi connectivity index (χ2n) is 7.82. The zero-order valence-corrected chi connectivity index (χ0v) is 19.1. The molecule has 1 N–H and O–H groups in total. The van der Waals surface area contributed by atoms with Crippen LogP contribution >= 0.6 is 11.3 Å². The lowest BCUT2D eigenvalue weighted by Gasteiger charge is -2.10. The third kappa shape index (κ3) is 4.33. The summed E-state index contributed by atoms with van der Waals surface area (Å²) >= 11 is 1.47. The normalized spacial score (nSPS) is 11.8. The SMILES string of the molecule is Cc1ccc(-c2cs/c(=N\NC(=O)Cn3nnc4ccccc43)n2-c2ccc(C)cc2)cc1. The molecule has 0 fully saturated rings. The molecule has 0 aliphatic heterocycles. The van der Waals surface area contributed by atoms with Gasteiger partial charge in [0.05, 0.1) is 11.2 Å². The largest absolute Gasteiger partial charge is 0.284 e. The zero-order chi connectivity index (χ0) is 22.8. The lowest BCUT2D eigenvalue weighted by atomic mass is 10.1. The minimum absolute atomic E-state index is 0.0325. The maximum atomic E-state index is 12.6. The van der Waals surface area contributed by atoms with E-state index in [9.17, 15) is 4.79 Å². The molecule has 8 heteroatoms. The van der Waals surface area contributed by atoms with Crippen LogP contribution in [0.2, 0.25) is 0 Å². The highest BCUT2D eigenvalue weighted by Gasteiger charge is 2.12. The molecule has 0 saturated heterocycles. The van der Waals surface area contributed by atoms with Gasteiger partial charge in [0.15, 0.2) is 0 Å². The Morgan fingerprint density at radius 3 is 2.42 bits per heavy atom. The second kappa shape index (κ2) is 8.84. The number of hydrogen-bond donors (Lipinski definition) is 1. The van der Waals surface area contributed by atoms with Crippen LogP contribution in [-0.2, 0) is 11.3 Å². The zero-order valence-electron chi connectivity index (χ0n) is 18.3. The molecule has 0 spiro atoms. The molecule has 2 heterocycles. The van der Waals surface area contributed by atoms with Gasteiger partial charge in [-0.25, -0.2) is 10.1 Å². The summed E-state index contributed by atoms with van der Waals surface area (Å²) < 4.78 is 3.63. The van der Waals surface area contributed by atoms with Crippen LogP contribution in [0.4, 0.5) is 0 Å². The highest BCUT2D eigenvalue weighted by atomic mass is 32.1. The number of rotatable bonds is 5. The summed E-state index contributed by atoms with van der Waals surface area (Å²) in [4.78, 5) is 13.3. The molecule has 0 atom stereocenters. The number of aromatic nitrogens is 4. The van der Waals surface area contributed by atoms with E-state index in [4.69, 9.17) is 0 Å². The fourth-order valence-electron chi connectivity index (χ4n) is 3.57. The maximum Gasteiger partial charge on any atom is 0.261 e. The number of carbonyl (C=O) groups excluding carboxylic acids is 1. The van der Waals surface area contributed by atoms with Crippen LogP contribution < -0.4 is 10.2 Å². The number of nitrogens with one attached hydrogen (secondary N) is 1. The van der Waals surface area contributed by atoms with Crippen molar-refractivity contribution in [3.63, 3.8) is 0 Å². The Morgan fingerprint density at radius 1 is 0.970 bits per heavy atom. The van der Waals surface area contributed by atoms with Gasteiger partial charge in [-0.2, -0.15) is 0 Å². The molecule has 0 aliphatic carbocycles. The van der Waals surface area contributed by atoms with E-state index >= 15 is 0 Å². The lowest BCUT2D eigenvalue weighted by Crippen LogP contribution is -2.27. The molecule has 7 nitrogen and oxygen atoms in total. The van der Waals surface area contributed by atoms with Crippen LogP contribution in [0.5, 0.6) is 0 Å². The van der Waals surface area contributed by atoms with Crippen LogP contribution in [-0.4, -0.2) is 25.5 Å². The van der Waals surface area contributed by atoms with E-state index in [1.165, 1.54) is 22.5 Å². The summed E-state index contributed by atoms with van der Waals surface area (Å²) in [5.41, 5.74) is 9.70. The third-order valence-electron chi connectivity index (χ3n) is 5.34. The number of benzene rings is 3. The number of amides is 1. The number of thiazole rings is 1. The van der Waals surface area contributed by atoms with Gasteiger partial charge in [-0.1, -0.05) is 64.9 Å². The average molecular weight is 455 g/mol. The minimum atomic E-state index is -0.272. The van der Waals surface area contributed by atoms with Crippen molar-refractivity contribution in [2.24, 2.45) is 5.10 Å². The molecule has 0 bridgehead atoms. The molecule has 3 aromatic carbocycles. The molecule has 33 heavy (non-hydrogen) atoms. The van der Waals surface area contributed by atoms with E-state index in [0.717, 1.165) is 28.0 Å². The Morgan fingerprint density at radius 2 is 1.67 bits per heavy atom. The van der Waals surface area contributed by atoms with Crippen molar-refractivity contribution in [3.8, 4) is 16.9 Å². The number of fused-ring (bicyclic) bond motifs is 1. The minimum Gasteiger partial charge on any atom is -0.284 e. The monoisotopic (exact) mass is 454 g/mol. The third-order valence-corrected chi connectivity index (χ3v) is 6.16. The van der Waals surface area contributed by atoms with Gasteiger partial charge in [0, 0.05) is 11.1 Å². The molecule has 0 saturated carbocycles. The Labute approximate surface area is 194 Å². The van der Waals surface area contributed by atoms with Gasteiger partial charge in [-0.05, 0) is 43.7 Å². The van der Waals surface area contributed by atoms with Crippen LogP contribution in [0.25, 0.3) is 28.0 Å². The van der Waals surface area contributed by atoms with Crippen LogP contribution in [0.15, 0.2) is 83.3 Å². The van der Waals surface area contributed by atoms with E-state index in [-0.39, 0.29) is 12.5 Å². The predicted octanol–water partition coefficient (Wildman–Crippen LogP) is 4.20. The smallest absolute Gasteiger partial charge is 0.261 e. The van der Waals surface area contributed by atoms with Crippen LogP contribution in [0.3, 0.4) is 0 Å². The van der Waals surface area contributed by atoms with Crippen LogP contribution in [0, 0.1) is 13.8 Å². The van der Waals surface area contributed by atoms with E-state index in [1.54, 1.807) is 4.68 Å². The molecule has 1 amide bonds. The summed E-state index contributed by atoms with van der Waals surface area (Å²) in [5, 5.41) is 14.7. The highest BCUT2D eigenvalue weighted by Crippen LogP contribution is 2.24. The lowest BCUT2D eigenvalue weighted by molar-refractivity contribution is -0.121.